The molecule has 1 unspecified atom stereocenters. The first kappa shape index (κ1) is 28.4. The monoisotopic (exact) mass is 521 g/mol. The summed E-state index contributed by atoms with van der Waals surface area (Å²) in [5.74, 6) is -1.32. The summed E-state index contributed by atoms with van der Waals surface area (Å²) in [6, 6.07) is 12.4. The first-order valence-electron chi connectivity index (χ1n) is 12.7. The Morgan fingerprint density at radius 3 is 2.45 bits per heavy atom. The summed E-state index contributed by atoms with van der Waals surface area (Å²) in [6.45, 7) is 5.76. The van der Waals surface area contributed by atoms with Crippen molar-refractivity contribution in [3.8, 4) is 5.75 Å². The predicted octanol–water partition coefficient (Wildman–Crippen LogP) is 4.50. The van der Waals surface area contributed by atoms with Gasteiger partial charge in [-0.15, -0.1) is 0 Å². The summed E-state index contributed by atoms with van der Waals surface area (Å²) in [4.78, 5) is 40.7. The molecule has 0 radical (unpaired) electrons. The molecule has 9 nitrogen and oxygen atoms in total. The van der Waals surface area contributed by atoms with Gasteiger partial charge in [-0.25, -0.2) is 14.5 Å². The molecule has 3 aromatic rings. The van der Waals surface area contributed by atoms with Crippen LogP contribution in [0.25, 0.3) is 0 Å². The number of carboxylic acid groups (broad SMARTS) is 1. The van der Waals surface area contributed by atoms with Gasteiger partial charge >= 0.3 is 11.9 Å². The van der Waals surface area contributed by atoms with Gasteiger partial charge in [0, 0.05) is 12.0 Å². The number of aliphatic carboxylic acids is 1. The Labute approximate surface area is 222 Å². The molecule has 2 N–H and O–H groups in total. The fourth-order valence-electron chi connectivity index (χ4n) is 4.12. The van der Waals surface area contributed by atoms with E-state index in [-0.39, 0.29) is 18.9 Å². The minimum Gasteiger partial charge on any atom is -0.489 e. The van der Waals surface area contributed by atoms with Crippen molar-refractivity contribution in [1.82, 2.24) is 9.66 Å². The quantitative estimate of drug-likeness (QED) is 0.298. The van der Waals surface area contributed by atoms with Crippen LogP contribution in [0.1, 0.15) is 78.1 Å². The molecule has 0 aliphatic carbocycles. The number of imidazole rings is 1. The van der Waals surface area contributed by atoms with E-state index in [9.17, 15) is 19.5 Å². The second-order valence-corrected chi connectivity index (χ2v) is 9.04. The number of ketones is 1. The van der Waals surface area contributed by atoms with Gasteiger partial charge in [0.15, 0.2) is 0 Å². The molecule has 0 amide bonds. The summed E-state index contributed by atoms with van der Waals surface area (Å²) in [7, 11) is 1.34. The van der Waals surface area contributed by atoms with Crippen LogP contribution in [0.3, 0.4) is 0 Å². The molecular weight excluding hydrogens is 486 g/mol. The maximum atomic E-state index is 12.4. The third-order valence-corrected chi connectivity index (χ3v) is 6.24. The number of carboxylic acids is 1. The molecule has 38 heavy (non-hydrogen) atoms. The van der Waals surface area contributed by atoms with Gasteiger partial charge in [0.1, 0.15) is 29.9 Å². The van der Waals surface area contributed by atoms with Crippen LogP contribution in [0.15, 0.2) is 48.7 Å². The highest BCUT2D eigenvalue weighted by Crippen LogP contribution is 2.28. The normalized spacial score (nSPS) is 11.6. The van der Waals surface area contributed by atoms with Crippen molar-refractivity contribution in [2.24, 2.45) is 0 Å². The van der Waals surface area contributed by atoms with E-state index in [1.807, 2.05) is 25.1 Å². The Bertz CT molecular complexity index is 1270. The van der Waals surface area contributed by atoms with Crippen molar-refractivity contribution in [3.63, 3.8) is 0 Å². The van der Waals surface area contributed by atoms with Gasteiger partial charge in [-0.3, -0.25) is 9.59 Å². The number of nitrogens with one attached hydrogen (secondary N) is 1. The number of nitrogens with zero attached hydrogens (tertiary/aromatic N) is 2. The Hall–Kier alpha value is -4.14. The molecule has 0 spiro atoms. The largest absolute Gasteiger partial charge is 0.489 e. The molecule has 9 heteroatoms. The number of carbonyl (C=O) groups is 3. The predicted molar refractivity (Wildman–Crippen MR) is 143 cm³/mol. The van der Waals surface area contributed by atoms with Gasteiger partial charge in [0.05, 0.1) is 31.1 Å². The van der Waals surface area contributed by atoms with E-state index >= 15 is 0 Å². The van der Waals surface area contributed by atoms with Crippen molar-refractivity contribution >= 4 is 17.7 Å². The summed E-state index contributed by atoms with van der Waals surface area (Å²) in [5, 5.41) is 10.1. The Morgan fingerprint density at radius 1 is 1.11 bits per heavy atom. The Balaban J connectivity index is 1.83. The van der Waals surface area contributed by atoms with E-state index in [0.29, 0.717) is 40.4 Å². The number of benzene rings is 2. The third kappa shape index (κ3) is 7.00. The number of rotatable bonds is 14. The molecule has 0 aliphatic heterocycles. The van der Waals surface area contributed by atoms with E-state index < -0.39 is 17.9 Å². The van der Waals surface area contributed by atoms with Crippen LogP contribution >= 0.6 is 0 Å². The van der Waals surface area contributed by atoms with Crippen LogP contribution < -0.4 is 10.2 Å². The minimum absolute atomic E-state index is 0.0639. The van der Waals surface area contributed by atoms with E-state index in [2.05, 4.69) is 17.3 Å². The molecule has 2 aromatic carbocycles. The molecule has 0 bridgehead atoms. The number of aromatic nitrogens is 2. The number of unbranched alkanes of at least 4 members (excludes halogenated alkanes) is 1. The molecule has 1 heterocycles. The van der Waals surface area contributed by atoms with Crippen LogP contribution in [0.5, 0.6) is 5.75 Å². The highest BCUT2D eigenvalue weighted by atomic mass is 16.5. The first-order valence-corrected chi connectivity index (χ1v) is 12.7. The van der Waals surface area contributed by atoms with Gasteiger partial charge in [-0.1, -0.05) is 44.5 Å². The van der Waals surface area contributed by atoms with Crippen LogP contribution in [-0.2, 0) is 33.8 Å². The van der Waals surface area contributed by atoms with Crippen molar-refractivity contribution < 1.29 is 29.0 Å². The fourth-order valence-corrected chi connectivity index (χ4v) is 4.12. The number of carbonyl (C=O) groups excluding carboxylic acids is 2. The molecule has 1 aromatic heterocycles. The molecule has 202 valence electrons. The highest BCUT2D eigenvalue weighted by molar-refractivity contribution is 5.91. The molecule has 0 saturated heterocycles. The minimum atomic E-state index is -1.04. The van der Waals surface area contributed by atoms with Gasteiger partial charge in [0.2, 0.25) is 0 Å². The lowest BCUT2D eigenvalue weighted by atomic mass is 9.96. The van der Waals surface area contributed by atoms with E-state index in [1.54, 1.807) is 35.1 Å². The zero-order valence-electron chi connectivity index (χ0n) is 22.3. The zero-order valence-corrected chi connectivity index (χ0v) is 22.3. The third-order valence-electron chi connectivity index (χ3n) is 6.24. The van der Waals surface area contributed by atoms with Crippen LogP contribution in [0.4, 0.5) is 0 Å². The second-order valence-electron chi connectivity index (χ2n) is 9.04. The van der Waals surface area contributed by atoms with Crippen molar-refractivity contribution in [2.45, 2.75) is 59.0 Å². The number of ether oxygens (including phenoxy) is 2. The molecule has 0 saturated carbocycles. The smallest absolute Gasteiger partial charge is 0.338 e. The summed E-state index contributed by atoms with van der Waals surface area (Å²) < 4.78 is 12.5. The van der Waals surface area contributed by atoms with Crippen molar-refractivity contribution in [1.29, 1.82) is 0 Å². The van der Waals surface area contributed by atoms with Gasteiger partial charge in [-0.2, -0.15) is 0 Å². The maximum Gasteiger partial charge on any atom is 0.338 e. The number of esters is 1. The summed E-state index contributed by atoms with van der Waals surface area (Å²) in [6.07, 6.45) is 4.85. The first-order chi connectivity index (χ1) is 18.3. The average Bonchev–Trinajstić information content (AvgIpc) is 3.31. The molecule has 0 fully saturated rings. The average molecular weight is 522 g/mol. The molecule has 3 rings (SSSR count). The lowest BCUT2D eigenvalue weighted by molar-refractivity contribution is -0.137. The van der Waals surface area contributed by atoms with E-state index in [1.165, 1.54) is 14.0 Å². The van der Waals surface area contributed by atoms with Gasteiger partial charge in [-0.05, 0) is 49.1 Å². The number of hydrogen-bond acceptors (Lipinski definition) is 7. The Morgan fingerprint density at radius 2 is 1.84 bits per heavy atom. The van der Waals surface area contributed by atoms with Crippen molar-refractivity contribution in [2.75, 3.05) is 19.1 Å². The lowest BCUT2D eigenvalue weighted by Gasteiger charge is -2.19. The topological polar surface area (TPSA) is 120 Å². The number of aryl methyl sites for hydroxylation is 2. The standard InChI is InChI=1S/C29H35N3O6/c1-5-7-8-26-30-17-25(32(26)31-16-19(3)33)27(28(34)35)21-11-13-23(14-12-21)38-18-22-10-9-20(6-2)15-24(22)29(36)37-4/h9-15,17,27,31H,5-8,16,18H2,1-4H3,(H,34,35). The van der Waals surface area contributed by atoms with Crippen molar-refractivity contribution in [3.05, 3.63) is 82.4 Å². The molecule has 1 atom stereocenters. The zero-order chi connectivity index (χ0) is 27.7. The Kier molecular flexibility index (Phi) is 10.0. The maximum absolute atomic E-state index is 12.4. The van der Waals surface area contributed by atoms with Crippen LogP contribution in [-0.4, -0.2) is 46.1 Å². The molecule has 0 aliphatic rings. The van der Waals surface area contributed by atoms with Crippen LogP contribution in [0, 0.1) is 0 Å². The summed E-state index contributed by atoms with van der Waals surface area (Å²) >= 11 is 0. The lowest BCUT2D eigenvalue weighted by Crippen LogP contribution is -2.27. The number of Topliss-reactive ketones (excluding diaryl/α,β-unsaturated/α-hetero) is 1. The number of methoxy groups -OCH3 is 1. The fraction of sp³-hybridized carbons (Fsp3) is 0.379. The van der Waals surface area contributed by atoms with Gasteiger partial charge in [0.25, 0.3) is 0 Å². The second kappa shape index (κ2) is 13.4. The van der Waals surface area contributed by atoms with E-state index in [0.717, 1.165) is 24.8 Å². The van der Waals surface area contributed by atoms with Gasteiger partial charge < -0.3 is 20.0 Å². The highest BCUT2D eigenvalue weighted by Gasteiger charge is 2.28. The number of hydrogen-bond donors (Lipinski definition) is 2. The SMILES string of the molecule is CCCCc1ncc(C(C(=O)O)c2ccc(OCc3ccc(CC)cc3C(=O)OC)cc2)n1NCC(C)=O. The van der Waals surface area contributed by atoms with Crippen LogP contribution in [0.2, 0.25) is 0 Å². The molecular formula is C29H35N3O6. The summed E-state index contributed by atoms with van der Waals surface area (Å²) in [5.41, 5.74) is 6.19. The van der Waals surface area contributed by atoms with E-state index in [4.69, 9.17) is 9.47 Å².